The molecule has 112 valence electrons. The molecule has 2 aromatic rings. The second-order valence-corrected chi connectivity index (χ2v) is 5.50. The minimum absolute atomic E-state index is 0.133. The summed E-state index contributed by atoms with van der Waals surface area (Å²) in [5.41, 5.74) is 3.36. The molecule has 1 aromatic heterocycles. The lowest BCUT2D eigenvalue weighted by molar-refractivity contribution is 0.0785. The molecule has 1 aromatic carbocycles. The number of hydrogen-bond acceptors (Lipinski definition) is 5. The van der Waals surface area contributed by atoms with E-state index in [1.165, 1.54) is 0 Å². The van der Waals surface area contributed by atoms with Gasteiger partial charge in [-0.1, -0.05) is 18.2 Å². The number of aromatic hydroxyl groups is 1. The number of nitrogens with zero attached hydrogens (tertiary/aromatic N) is 2. The van der Waals surface area contributed by atoms with E-state index in [-0.39, 0.29) is 11.9 Å². The van der Waals surface area contributed by atoms with Crippen LogP contribution < -0.4 is 0 Å². The number of aliphatic imine (C=N–C) groups is 1. The van der Waals surface area contributed by atoms with Crippen LogP contribution in [0.1, 0.15) is 35.9 Å². The van der Waals surface area contributed by atoms with Crippen LogP contribution in [0.2, 0.25) is 0 Å². The van der Waals surface area contributed by atoms with Gasteiger partial charge in [-0.25, -0.2) is 4.98 Å². The number of hydrogen-bond donors (Lipinski definition) is 1. The summed E-state index contributed by atoms with van der Waals surface area (Å²) in [6, 6.07) is 7.89. The largest absolute Gasteiger partial charge is 0.479 e. The first-order chi connectivity index (χ1) is 10.8. The average Bonchev–Trinajstić information content (AvgIpc) is 3.13. The van der Waals surface area contributed by atoms with Gasteiger partial charge in [-0.2, -0.15) is 0 Å². The standard InChI is InChI=1S/C17H16N2O3/c20-17-15(19-16(22-17)11-5-7-21-8-6-11)9-12-10-18-14-4-2-1-3-13(12)14/h1-4,9-11,20H,5-8H2/b12-9+. The molecule has 0 unspecified atom stereocenters. The molecule has 0 atom stereocenters. The summed E-state index contributed by atoms with van der Waals surface area (Å²) in [5.74, 6) is 0.680. The Bertz CT molecular complexity index is 755. The van der Waals surface area contributed by atoms with Crippen LogP contribution in [-0.2, 0) is 4.74 Å². The third kappa shape index (κ3) is 2.33. The number of rotatable bonds is 2. The molecule has 0 amide bonds. The molecule has 0 bridgehead atoms. The van der Waals surface area contributed by atoms with E-state index in [4.69, 9.17) is 9.15 Å². The average molecular weight is 296 g/mol. The Labute approximate surface area is 128 Å². The van der Waals surface area contributed by atoms with Gasteiger partial charge < -0.3 is 14.3 Å². The lowest BCUT2D eigenvalue weighted by Gasteiger charge is -2.18. The van der Waals surface area contributed by atoms with Crippen LogP contribution in [0.3, 0.4) is 0 Å². The Morgan fingerprint density at radius 3 is 2.86 bits per heavy atom. The van der Waals surface area contributed by atoms with E-state index in [9.17, 15) is 5.11 Å². The molecule has 1 fully saturated rings. The predicted molar refractivity (Wildman–Crippen MR) is 83.4 cm³/mol. The lowest BCUT2D eigenvalue weighted by Crippen LogP contribution is -2.14. The molecular formula is C17H16N2O3. The highest BCUT2D eigenvalue weighted by molar-refractivity contribution is 6.21. The first-order valence-electron chi connectivity index (χ1n) is 7.44. The van der Waals surface area contributed by atoms with Gasteiger partial charge in [-0.15, -0.1) is 0 Å². The van der Waals surface area contributed by atoms with Gasteiger partial charge in [-0.05, 0) is 25.0 Å². The monoisotopic (exact) mass is 296 g/mol. The molecule has 0 spiro atoms. The zero-order valence-corrected chi connectivity index (χ0v) is 12.0. The van der Waals surface area contributed by atoms with E-state index in [0.29, 0.717) is 24.8 Å². The Morgan fingerprint density at radius 2 is 2.00 bits per heavy atom. The van der Waals surface area contributed by atoms with Crippen molar-refractivity contribution in [1.29, 1.82) is 0 Å². The molecule has 4 rings (SSSR count). The van der Waals surface area contributed by atoms with Crippen LogP contribution in [0.4, 0.5) is 5.69 Å². The maximum absolute atomic E-state index is 10.0. The van der Waals surface area contributed by atoms with Crippen molar-refractivity contribution in [1.82, 2.24) is 4.98 Å². The van der Waals surface area contributed by atoms with Crippen LogP contribution in [0.25, 0.3) is 11.6 Å². The van der Waals surface area contributed by atoms with E-state index in [1.807, 2.05) is 30.3 Å². The van der Waals surface area contributed by atoms with Crippen molar-refractivity contribution in [2.75, 3.05) is 13.2 Å². The van der Waals surface area contributed by atoms with Crippen molar-refractivity contribution in [3.05, 3.63) is 41.4 Å². The smallest absolute Gasteiger partial charge is 0.310 e. The summed E-state index contributed by atoms with van der Waals surface area (Å²) < 4.78 is 10.8. The summed E-state index contributed by atoms with van der Waals surface area (Å²) in [4.78, 5) is 8.81. The summed E-state index contributed by atoms with van der Waals surface area (Å²) >= 11 is 0. The normalized spacial score (nSPS) is 19.7. The first kappa shape index (κ1) is 13.3. The Morgan fingerprint density at radius 1 is 1.18 bits per heavy atom. The van der Waals surface area contributed by atoms with Crippen LogP contribution >= 0.6 is 0 Å². The van der Waals surface area contributed by atoms with E-state index in [0.717, 1.165) is 29.7 Å². The van der Waals surface area contributed by atoms with Crippen LogP contribution in [-0.4, -0.2) is 29.5 Å². The molecule has 3 heterocycles. The van der Waals surface area contributed by atoms with Gasteiger partial charge in [0.2, 0.25) is 5.89 Å². The molecule has 0 radical (unpaired) electrons. The molecule has 1 saturated heterocycles. The fourth-order valence-electron chi connectivity index (χ4n) is 2.86. The van der Waals surface area contributed by atoms with Crippen molar-refractivity contribution < 1.29 is 14.3 Å². The quantitative estimate of drug-likeness (QED) is 0.920. The number of para-hydroxylation sites is 1. The highest BCUT2D eigenvalue weighted by Crippen LogP contribution is 2.35. The van der Waals surface area contributed by atoms with E-state index >= 15 is 0 Å². The number of aromatic nitrogens is 1. The summed E-state index contributed by atoms with van der Waals surface area (Å²) in [6.45, 7) is 1.43. The van der Waals surface area contributed by atoms with Gasteiger partial charge in [0.1, 0.15) is 5.69 Å². The molecule has 0 aliphatic carbocycles. The first-order valence-corrected chi connectivity index (χ1v) is 7.44. The van der Waals surface area contributed by atoms with Crippen LogP contribution in [0, 0.1) is 0 Å². The molecule has 22 heavy (non-hydrogen) atoms. The molecule has 0 saturated carbocycles. The number of ether oxygens (including phenoxy) is 1. The van der Waals surface area contributed by atoms with Gasteiger partial charge in [0.25, 0.3) is 0 Å². The molecule has 5 nitrogen and oxygen atoms in total. The number of allylic oxidation sites excluding steroid dienone is 1. The van der Waals surface area contributed by atoms with Gasteiger partial charge in [-0.3, -0.25) is 4.99 Å². The maximum atomic E-state index is 10.0. The van der Waals surface area contributed by atoms with E-state index < -0.39 is 0 Å². The van der Waals surface area contributed by atoms with E-state index in [2.05, 4.69) is 9.98 Å². The Hall–Kier alpha value is -2.40. The molecule has 5 heteroatoms. The van der Waals surface area contributed by atoms with Crippen molar-refractivity contribution in [3.8, 4) is 5.95 Å². The topological polar surface area (TPSA) is 67.9 Å². The SMILES string of the molecule is Oc1oc(C2CCOCC2)nc1/C=C1\C=Nc2ccccc21. The number of benzene rings is 1. The fourth-order valence-corrected chi connectivity index (χ4v) is 2.86. The molecule has 1 N–H and O–H groups in total. The molecular weight excluding hydrogens is 280 g/mol. The third-order valence-corrected chi connectivity index (χ3v) is 4.07. The summed E-state index contributed by atoms with van der Waals surface area (Å²) in [6.07, 6.45) is 5.35. The number of oxazole rings is 1. The van der Waals surface area contributed by atoms with Gasteiger partial charge >= 0.3 is 5.95 Å². The maximum Gasteiger partial charge on any atom is 0.310 e. The lowest BCUT2D eigenvalue weighted by atomic mass is 10.0. The van der Waals surface area contributed by atoms with Gasteiger partial charge in [0, 0.05) is 36.5 Å². The number of fused-ring (bicyclic) bond motifs is 1. The second-order valence-electron chi connectivity index (χ2n) is 5.50. The molecule has 2 aliphatic rings. The summed E-state index contributed by atoms with van der Waals surface area (Å²) in [7, 11) is 0. The fraction of sp³-hybridized carbons (Fsp3) is 0.294. The minimum Gasteiger partial charge on any atom is -0.479 e. The molecule has 2 aliphatic heterocycles. The van der Waals surface area contributed by atoms with Crippen molar-refractivity contribution in [2.24, 2.45) is 4.99 Å². The van der Waals surface area contributed by atoms with Crippen LogP contribution in [0.15, 0.2) is 33.7 Å². The van der Waals surface area contributed by atoms with Crippen molar-refractivity contribution >= 4 is 23.6 Å². The highest BCUT2D eigenvalue weighted by atomic mass is 16.5. The predicted octanol–water partition coefficient (Wildman–Crippen LogP) is 3.53. The zero-order valence-electron chi connectivity index (χ0n) is 12.0. The van der Waals surface area contributed by atoms with Crippen molar-refractivity contribution in [2.45, 2.75) is 18.8 Å². The highest BCUT2D eigenvalue weighted by Gasteiger charge is 2.23. The minimum atomic E-state index is -0.133. The van der Waals surface area contributed by atoms with E-state index in [1.54, 1.807) is 6.21 Å². The zero-order chi connectivity index (χ0) is 14.9. The Kier molecular flexibility index (Phi) is 3.27. The van der Waals surface area contributed by atoms with Gasteiger partial charge in [0.05, 0.1) is 5.69 Å². The van der Waals surface area contributed by atoms with Gasteiger partial charge in [0.15, 0.2) is 0 Å². The third-order valence-electron chi connectivity index (χ3n) is 4.07. The summed E-state index contributed by atoms with van der Waals surface area (Å²) in [5, 5.41) is 10.0. The van der Waals surface area contributed by atoms with Crippen LogP contribution in [0.5, 0.6) is 5.95 Å². The second kappa shape index (κ2) is 5.42. The Balaban J connectivity index is 1.65. The van der Waals surface area contributed by atoms with Crippen molar-refractivity contribution in [3.63, 3.8) is 0 Å².